The first-order chi connectivity index (χ1) is 8.67. The normalized spacial score (nSPS) is 12.9. The number of hydrogen-bond donors (Lipinski definition) is 1. The molecule has 1 aromatic heterocycles. The van der Waals surface area contributed by atoms with Crippen LogP contribution in [0.25, 0.3) is 0 Å². The van der Waals surface area contributed by atoms with Crippen molar-refractivity contribution in [1.29, 1.82) is 0 Å². The summed E-state index contributed by atoms with van der Waals surface area (Å²) < 4.78 is 1.98. The second kappa shape index (κ2) is 8.30. The molecule has 0 radical (unpaired) electrons. The summed E-state index contributed by atoms with van der Waals surface area (Å²) >= 11 is 0. The summed E-state index contributed by atoms with van der Waals surface area (Å²) in [6.45, 7) is 4.39. The van der Waals surface area contributed by atoms with Gasteiger partial charge in [0.25, 0.3) is 0 Å². The lowest BCUT2D eigenvalue weighted by molar-refractivity contribution is 0.525. The van der Waals surface area contributed by atoms with E-state index in [4.69, 9.17) is 5.73 Å². The van der Waals surface area contributed by atoms with Gasteiger partial charge in [-0.2, -0.15) is 5.10 Å². The van der Waals surface area contributed by atoms with E-state index < -0.39 is 0 Å². The number of nitrogens with zero attached hydrogens (tertiary/aromatic N) is 2. The van der Waals surface area contributed by atoms with Gasteiger partial charge in [-0.05, 0) is 18.9 Å². The van der Waals surface area contributed by atoms with Crippen LogP contribution in [0.2, 0.25) is 0 Å². The van der Waals surface area contributed by atoms with Crippen molar-refractivity contribution < 1.29 is 0 Å². The average Bonchev–Trinajstić information content (AvgIpc) is 2.70. The summed E-state index contributed by atoms with van der Waals surface area (Å²) in [6.07, 6.45) is 9.70. The zero-order valence-corrected chi connectivity index (χ0v) is 12.3. The summed E-state index contributed by atoms with van der Waals surface area (Å²) in [5, 5.41) is 4.46. The topological polar surface area (TPSA) is 43.8 Å². The Labute approximate surface area is 112 Å². The van der Waals surface area contributed by atoms with Gasteiger partial charge in [-0.3, -0.25) is 4.68 Å². The minimum atomic E-state index is 0.284. The van der Waals surface area contributed by atoms with Crippen molar-refractivity contribution in [3.63, 3.8) is 0 Å². The first-order valence-corrected chi connectivity index (χ1v) is 7.44. The van der Waals surface area contributed by atoms with Crippen LogP contribution in [0, 0.1) is 0 Å². The van der Waals surface area contributed by atoms with Gasteiger partial charge in [0.2, 0.25) is 0 Å². The molecule has 0 spiro atoms. The van der Waals surface area contributed by atoms with Gasteiger partial charge in [-0.25, -0.2) is 0 Å². The molecule has 18 heavy (non-hydrogen) atoms. The minimum Gasteiger partial charge on any atom is -0.327 e. The number of aryl methyl sites for hydroxylation is 2. The highest BCUT2D eigenvalue weighted by molar-refractivity contribution is 5.11. The van der Waals surface area contributed by atoms with Crippen LogP contribution in [0.3, 0.4) is 0 Å². The predicted molar refractivity (Wildman–Crippen MR) is 77.6 cm³/mol. The van der Waals surface area contributed by atoms with Crippen molar-refractivity contribution in [3.05, 3.63) is 17.5 Å². The maximum Gasteiger partial charge on any atom is 0.0624 e. The van der Waals surface area contributed by atoms with E-state index in [0.717, 1.165) is 19.3 Å². The first kappa shape index (κ1) is 15.2. The Morgan fingerprint density at radius 1 is 1.22 bits per heavy atom. The van der Waals surface area contributed by atoms with E-state index in [-0.39, 0.29) is 6.04 Å². The van der Waals surface area contributed by atoms with Crippen LogP contribution in [0.5, 0.6) is 0 Å². The van der Waals surface area contributed by atoms with E-state index in [1.54, 1.807) is 0 Å². The van der Waals surface area contributed by atoms with Crippen LogP contribution < -0.4 is 5.73 Å². The van der Waals surface area contributed by atoms with Gasteiger partial charge in [0.15, 0.2) is 0 Å². The van der Waals surface area contributed by atoms with Crippen molar-refractivity contribution in [1.82, 2.24) is 9.78 Å². The summed E-state index contributed by atoms with van der Waals surface area (Å²) in [5.74, 6) is 0. The molecule has 0 saturated heterocycles. The second-order valence-corrected chi connectivity index (χ2v) is 5.27. The van der Waals surface area contributed by atoms with Crippen LogP contribution in [0.15, 0.2) is 6.07 Å². The lowest BCUT2D eigenvalue weighted by atomic mass is 10.0. The van der Waals surface area contributed by atoms with E-state index in [1.165, 1.54) is 43.5 Å². The predicted octanol–water partition coefficient (Wildman–Crippen LogP) is 3.21. The molecule has 0 bridgehead atoms. The Kier molecular flexibility index (Phi) is 7.02. The van der Waals surface area contributed by atoms with Gasteiger partial charge in [-0.15, -0.1) is 0 Å². The zero-order valence-electron chi connectivity index (χ0n) is 12.3. The Morgan fingerprint density at radius 3 is 2.56 bits per heavy atom. The van der Waals surface area contributed by atoms with Crippen LogP contribution in [-0.2, 0) is 19.9 Å². The standard InChI is InChI=1S/C15H29N3/c1-4-6-7-8-9-10-13(16)11-15-12-14(5-2)17-18(15)3/h12-13H,4-11,16H2,1-3H3. The fourth-order valence-corrected chi connectivity index (χ4v) is 2.32. The molecule has 104 valence electrons. The van der Waals surface area contributed by atoms with Crippen molar-refractivity contribution in [2.24, 2.45) is 12.8 Å². The molecule has 2 N–H and O–H groups in total. The van der Waals surface area contributed by atoms with Crippen LogP contribution >= 0.6 is 0 Å². The van der Waals surface area contributed by atoms with Crippen molar-refractivity contribution >= 4 is 0 Å². The average molecular weight is 251 g/mol. The van der Waals surface area contributed by atoms with E-state index in [1.807, 2.05) is 11.7 Å². The second-order valence-electron chi connectivity index (χ2n) is 5.27. The van der Waals surface area contributed by atoms with Crippen molar-refractivity contribution in [2.75, 3.05) is 0 Å². The zero-order chi connectivity index (χ0) is 13.4. The van der Waals surface area contributed by atoms with Crippen LogP contribution in [-0.4, -0.2) is 15.8 Å². The fraction of sp³-hybridized carbons (Fsp3) is 0.800. The molecule has 0 fully saturated rings. The SMILES string of the molecule is CCCCCCCC(N)Cc1cc(CC)nn1C. The van der Waals surface area contributed by atoms with Crippen molar-refractivity contribution in [2.45, 2.75) is 71.3 Å². The number of hydrogen-bond acceptors (Lipinski definition) is 2. The van der Waals surface area contributed by atoms with Gasteiger partial charge >= 0.3 is 0 Å². The van der Waals surface area contributed by atoms with Crippen LogP contribution in [0.1, 0.15) is 63.8 Å². The number of unbranched alkanes of at least 4 members (excludes halogenated alkanes) is 4. The van der Waals surface area contributed by atoms with E-state index in [2.05, 4.69) is 25.0 Å². The quantitative estimate of drug-likeness (QED) is 0.685. The van der Waals surface area contributed by atoms with E-state index in [0.29, 0.717) is 0 Å². The molecule has 0 saturated carbocycles. The molecule has 3 heteroatoms. The summed E-state index contributed by atoms with van der Waals surface area (Å²) in [5.41, 5.74) is 8.64. The third kappa shape index (κ3) is 5.21. The Bertz CT molecular complexity index is 330. The molecule has 0 aromatic carbocycles. The fourth-order valence-electron chi connectivity index (χ4n) is 2.32. The molecule has 1 unspecified atom stereocenters. The molecule has 0 aliphatic rings. The third-order valence-electron chi connectivity index (χ3n) is 3.54. The largest absolute Gasteiger partial charge is 0.327 e. The molecule has 1 atom stereocenters. The van der Waals surface area contributed by atoms with E-state index >= 15 is 0 Å². The Balaban J connectivity index is 2.26. The maximum atomic E-state index is 6.20. The monoisotopic (exact) mass is 251 g/mol. The van der Waals surface area contributed by atoms with Gasteiger partial charge in [0, 0.05) is 25.2 Å². The van der Waals surface area contributed by atoms with Crippen molar-refractivity contribution in [3.8, 4) is 0 Å². The Hall–Kier alpha value is -0.830. The lowest BCUT2D eigenvalue weighted by Gasteiger charge is -2.11. The highest BCUT2D eigenvalue weighted by Gasteiger charge is 2.09. The van der Waals surface area contributed by atoms with Gasteiger partial charge < -0.3 is 5.73 Å². The first-order valence-electron chi connectivity index (χ1n) is 7.44. The third-order valence-corrected chi connectivity index (χ3v) is 3.54. The molecule has 0 aliphatic heterocycles. The minimum absolute atomic E-state index is 0.284. The van der Waals surface area contributed by atoms with E-state index in [9.17, 15) is 0 Å². The Morgan fingerprint density at radius 2 is 1.94 bits per heavy atom. The van der Waals surface area contributed by atoms with Gasteiger partial charge in [0.1, 0.15) is 0 Å². The molecule has 1 rings (SSSR count). The van der Waals surface area contributed by atoms with Gasteiger partial charge in [0.05, 0.1) is 5.69 Å². The smallest absolute Gasteiger partial charge is 0.0624 e. The lowest BCUT2D eigenvalue weighted by Crippen LogP contribution is -2.23. The molecule has 0 aliphatic carbocycles. The number of rotatable bonds is 9. The number of aromatic nitrogens is 2. The summed E-state index contributed by atoms with van der Waals surface area (Å²) in [6, 6.07) is 2.48. The molecule has 3 nitrogen and oxygen atoms in total. The summed E-state index contributed by atoms with van der Waals surface area (Å²) in [7, 11) is 2.02. The molecule has 1 aromatic rings. The van der Waals surface area contributed by atoms with Crippen LogP contribution in [0.4, 0.5) is 0 Å². The highest BCUT2D eigenvalue weighted by Crippen LogP contribution is 2.11. The molecular weight excluding hydrogens is 222 g/mol. The highest BCUT2D eigenvalue weighted by atomic mass is 15.3. The molecule has 0 amide bonds. The summed E-state index contributed by atoms with van der Waals surface area (Å²) in [4.78, 5) is 0. The number of nitrogens with two attached hydrogens (primary N) is 1. The molecule has 1 heterocycles. The van der Waals surface area contributed by atoms with Gasteiger partial charge in [-0.1, -0.05) is 46.0 Å². The maximum absolute atomic E-state index is 6.20. The molecular formula is C15H29N3.